The van der Waals surface area contributed by atoms with Crippen molar-refractivity contribution in [1.29, 1.82) is 0 Å². The predicted octanol–water partition coefficient (Wildman–Crippen LogP) is 1.36. The van der Waals surface area contributed by atoms with Crippen LogP contribution in [0.1, 0.15) is 17.3 Å². The first-order valence-corrected chi connectivity index (χ1v) is 7.09. The number of hydrogen-bond acceptors (Lipinski definition) is 4. The van der Waals surface area contributed by atoms with E-state index in [1.165, 1.54) is 4.57 Å². The number of fused-ring (bicyclic) bond motifs is 1. The molecule has 0 saturated carbocycles. The molecule has 0 radical (unpaired) electrons. The van der Waals surface area contributed by atoms with Crippen LogP contribution >= 0.6 is 0 Å². The van der Waals surface area contributed by atoms with E-state index in [0.717, 1.165) is 0 Å². The Morgan fingerprint density at radius 3 is 2.78 bits per heavy atom. The van der Waals surface area contributed by atoms with Gasteiger partial charge in [-0.1, -0.05) is 6.07 Å². The number of aromatic amines is 1. The van der Waals surface area contributed by atoms with E-state index in [1.807, 2.05) is 0 Å². The molecule has 0 saturated heterocycles. The summed E-state index contributed by atoms with van der Waals surface area (Å²) in [5.41, 5.74) is 0.0593. The van der Waals surface area contributed by atoms with Gasteiger partial charge in [-0.3, -0.25) is 14.4 Å². The van der Waals surface area contributed by atoms with Gasteiger partial charge in [0.1, 0.15) is 5.82 Å². The Labute approximate surface area is 130 Å². The zero-order valence-electron chi connectivity index (χ0n) is 12.4. The fourth-order valence-electron chi connectivity index (χ4n) is 2.36. The van der Waals surface area contributed by atoms with Crippen LogP contribution in [-0.2, 0) is 6.54 Å². The van der Waals surface area contributed by atoms with Crippen LogP contribution < -0.4 is 16.4 Å². The van der Waals surface area contributed by atoms with E-state index in [4.69, 9.17) is 0 Å². The van der Waals surface area contributed by atoms with Gasteiger partial charge in [-0.25, -0.2) is 4.98 Å². The SMILES string of the molecule is CCn1c(=O)c(=O)[nH]c2cc(C(=O)Nc3ccccn3)ccc21. The first-order valence-electron chi connectivity index (χ1n) is 7.09. The molecule has 116 valence electrons. The Morgan fingerprint density at radius 1 is 1.26 bits per heavy atom. The molecule has 0 aliphatic rings. The van der Waals surface area contributed by atoms with Crippen LogP contribution in [0.3, 0.4) is 0 Å². The molecule has 0 aliphatic carbocycles. The summed E-state index contributed by atoms with van der Waals surface area (Å²) in [5.74, 6) is 0.0883. The number of H-pyrrole nitrogens is 1. The molecule has 0 bridgehead atoms. The third kappa shape index (κ3) is 2.76. The summed E-state index contributed by atoms with van der Waals surface area (Å²) in [6, 6.07) is 9.98. The summed E-state index contributed by atoms with van der Waals surface area (Å²) in [6.07, 6.45) is 1.58. The van der Waals surface area contributed by atoms with E-state index in [9.17, 15) is 14.4 Å². The molecule has 1 aromatic carbocycles. The number of aromatic nitrogens is 3. The Hall–Kier alpha value is -3.22. The largest absolute Gasteiger partial charge is 0.316 e. The summed E-state index contributed by atoms with van der Waals surface area (Å²) in [4.78, 5) is 42.3. The summed E-state index contributed by atoms with van der Waals surface area (Å²) in [6.45, 7) is 2.15. The molecular formula is C16H14N4O3. The van der Waals surface area contributed by atoms with Gasteiger partial charge in [-0.2, -0.15) is 0 Å². The molecule has 0 spiro atoms. The second kappa shape index (κ2) is 5.88. The lowest BCUT2D eigenvalue weighted by atomic mass is 10.1. The summed E-state index contributed by atoms with van der Waals surface area (Å²) < 4.78 is 1.37. The van der Waals surface area contributed by atoms with E-state index in [1.54, 1.807) is 49.5 Å². The number of aryl methyl sites for hydroxylation is 1. The fraction of sp³-hybridized carbons (Fsp3) is 0.125. The van der Waals surface area contributed by atoms with Crippen LogP contribution in [0.15, 0.2) is 52.2 Å². The van der Waals surface area contributed by atoms with E-state index in [-0.39, 0.29) is 5.91 Å². The van der Waals surface area contributed by atoms with E-state index in [2.05, 4.69) is 15.3 Å². The minimum absolute atomic E-state index is 0.347. The van der Waals surface area contributed by atoms with Crippen LogP contribution in [0, 0.1) is 0 Å². The number of nitrogens with zero attached hydrogens (tertiary/aromatic N) is 2. The Kier molecular flexibility index (Phi) is 3.76. The first kappa shape index (κ1) is 14.7. The number of anilines is 1. The van der Waals surface area contributed by atoms with Crippen molar-refractivity contribution in [1.82, 2.24) is 14.5 Å². The van der Waals surface area contributed by atoms with Crippen LogP contribution in [-0.4, -0.2) is 20.4 Å². The normalized spacial score (nSPS) is 10.7. The number of rotatable bonds is 3. The lowest BCUT2D eigenvalue weighted by Gasteiger charge is -2.09. The van der Waals surface area contributed by atoms with Crippen molar-refractivity contribution in [2.24, 2.45) is 0 Å². The van der Waals surface area contributed by atoms with Crippen molar-refractivity contribution >= 4 is 22.8 Å². The van der Waals surface area contributed by atoms with Gasteiger partial charge in [0.25, 0.3) is 5.91 Å². The highest BCUT2D eigenvalue weighted by atomic mass is 16.2. The number of amides is 1. The topological polar surface area (TPSA) is 96.9 Å². The van der Waals surface area contributed by atoms with Crippen molar-refractivity contribution in [2.45, 2.75) is 13.5 Å². The third-order valence-corrected chi connectivity index (χ3v) is 3.46. The van der Waals surface area contributed by atoms with Crippen molar-refractivity contribution in [3.05, 3.63) is 68.9 Å². The molecule has 0 atom stereocenters. The third-order valence-electron chi connectivity index (χ3n) is 3.46. The Balaban J connectivity index is 2.03. The van der Waals surface area contributed by atoms with E-state index in [0.29, 0.717) is 29.0 Å². The zero-order chi connectivity index (χ0) is 16.4. The number of carbonyl (C=O) groups is 1. The van der Waals surface area contributed by atoms with Crippen molar-refractivity contribution < 1.29 is 4.79 Å². The second-order valence-corrected chi connectivity index (χ2v) is 4.90. The molecule has 3 aromatic rings. The maximum absolute atomic E-state index is 12.3. The number of nitrogens with one attached hydrogen (secondary N) is 2. The van der Waals surface area contributed by atoms with Crippen LogP contribution in [0.2, 0.25) is 0 Å². The lowest BCUT2D eigenvalue weighted by Crippen LogP contribution is -2.36. The van der Waals surface area contributed by atoms with Crippen LogP contribution in [0.5, 0.6) is 0 Å². The molecule has 7 heteroatoms. The van der Waals surface area contributed by atoms with Crippen LogP contribution in [0.4, 0.5) is 5.82 Å². The number of carbonyl (C=O) groups excluding carboxylic acids is 1. The smallest absolute Gasteiger partial charge is 0.316 e. The molecule has 23 heavy (non-hydrogen) atoms. The highest BCUT2D eigenvalue weighted by molar-refractivity contribution is 6.05. The van der Waals surface area contributed by atoms with E-state index < -0.39 is 11.1 Å². The van der Waals surface area contributed by atoms with Gasteiger partial charge >= 0.3 is 11.1 Å². The molecule has 0 fully saturated rings. The number of hydrogen-bond donors (Lipinski definition) is 2. The highest BCUT2D eigenvalue weighted by Crippen LogP contribution is 2.13. The molecule has 7 nitrogen and oxygen atoms in total. The Bertz CT molecular complexity index is 990. The second-order valence-electron chi connectivity index (χ2n) is 4.90. The van der Waals surface area contributed by atoms with Gasteiger partial charge in [-0.15, -0.1) is 0 Å². The van der Waals surface area contributed by atoms with Crippen LogP contribution in [0.25, 0.3) is 11.0 Å². The average Bonchev–Trinajstić information content (AvgIpc) is 2.56. The standard InChI is InChI=1S/C16H14N4O3/c1-2-20-12-7-6-10(9-11(12)18-15(22)16(20)23)14(21)19-13-5-3-4-8-17-13/h3-9H,2H2,1H3,(H,18,22)(H,17,19,21). The fourth-order valence-corrected chi connectivity index (χ4v) is 2.36. The lowest BCUT2D eigenvalue weighted by molar-refractivity contribution is 0.102. The van der Waals surface area contributed by atoms with Crippen molar-refractivity contribution in [3.63, 3.8) is 0 Å². The molecule has 3 rings (SSSR count). The summed E-state index contributed by atoms with van der Waals surface area (Å²) >= 11 is 0. The number of pyridine rings is 1. The molecule has 1 amide bonds. The molecule has 2 aromatic heterocycles. The minimum atomic E-state index is -0.707. The maximum Gasteiger partial charge on any atom is 0.316 e. The number of benzene rings is 1. The van der Waals surface area contributed by atoms with Gasteiger partial charge in [0, 0.05) is 18.3 Å². The summed E-state index contributed by atoms with van der Waals surface area (Å²) in [7, 11) is 0. The molecule has 2 N–H and O–H groups in total. The van der Waals surface area contributed by atoms with Gasteiger partial charge in [0.15, 0.2) is 0 Å². The Morgan fingerprint density at radius 2 is 2.09 bits per heavy atom. The molecular weight excluding hydrogens is 296 g/mol. The average molecular weight is 310 g/mol. The molecule has 2 heterocycles. The summed E-state index contributed by atoms with van der Waals surface area (Å²) in [5, 5.41) is 2.67. The quantitative estimate of drug-likeness (QED) is 0.714. The van der Waals surface area contributed by atoms with Gasteiger partial charge < -0.3 is 14.9 Å². The maximum atomic E-state index is 12.3. The van der Waals surface area contributed by atoms with Crippen molar-refractivity contribution in [3.8, 4) is 0 Å². The molecule has 0 aliphatic heterocycles. The van der Waals surface area contributed by atoms with Gasteiger partial charge in [0.2, 0.25) is 0 Å². The van der Waals surface area contributed by atoms with E-state index >= 15 is 0 Å². The molecule has 0 unspecified atom stereocenters. The van der Waals surface area contributed by atoms with Gasteiger partial charge in [0.05, 0.1) is 11.0 Å². The monoisotopic (exact) mass is 310 g/mol. The van der Waals surface area contributed by atoms with Gasteiger partial charge in [-0.05, 0) is 37.3 Å². The minimum Gasteiger partial charge on any atom is -0.316 e. The highest BCUT2D eigenvalue weighted by Gasteiger charge is 2.11. The van der Waals surface area contributed by atoms with Crippen molar-refractivity contribution in [2.75, 3.05) is 5.32 Å². The predicted molar refractivity (Wildman–Crippen MR) is 86.7 cm³/mol. The first-order chi connectivity index (χ1) is 11.1. The zero-order valence-corrected chi connectivity index (χ0v) is 12.4.